The lowest BCUT2D eigenvalue weighted by Gasteiger charge is -2.15. The van der Waals surface area contributed by atoms with E-state index >= 15 is 0 Å². The fraction of sp³-hybridized carbons (Fsp3) is 0.375. The van der Waals surface area contributed by atoms with Gasteiger partial charge in [-0.3, -0.25) is 4.79 Å². The molecule has 1 heterocycles. The first kappa shape index (κ1) is 15.2. The first-order valence-electron chi connectivity index (χ1n) is 6.07. The minimum atomic E-state index is 0. The minimum absolute atomic E-state index is 0. The fourth-order valence-electron chi connectivity index (χ4n) is 2.41. The van der Waals surface area contributed by atoms with E-state index in [0.29, 0.717) is 0 Å². The number of nitrogens with zero attached hydrogens (tertiary/aromatic N) is 2. The number of hydrogen-bond acceptors (Lipinski definition) is 2. The minimum Gasteiger partial charge on any atom is -0.331 e. The van der Waals surface area contributed by atoms with Gasteiger partial charge in [0.1, 0.15) is 5.82 Å². The summed E-state index contributed by atoms with van der Waals surface area (Å²) in [6, 6.07) is 2.08. The average molecular weight is 258 g/mol. The number of carbonyl (C=O) groups excluding carboxylic acids is 1. The second-order valence-corrected chi connectivity index (χ2v) is 4.75. The Hall–Kier alpha value is -1.90. The number of imidazole rings is 1. The van der Waals surface area contributed by atoms with Crippen LogP contribution in [0.2, 0.25) is 0 Å². The van der Waals surface area contributed by atoms with Crippen molar-refractivity contribution in [2.75, 3.05) is 0 Å². The third kappa shape index (κ3) is 2.75. The molecule has 3 nitrogen and oxygen atoms in total. The average Bonchev–Trinajstić information content (AvgIpc) is 2.70. The van der Waals surface area contributed by atoms with Crippen molar-refractivity contribution in [3.8, 4) is 0 Å². The molecule has 0 saturated carbocycles. The van der Waals surface area contributed by atoms with Crippen LogP contribution in [0.15, 0.2) is 18.5 Å². The molecule has 19 heavy (non-hydrogen) atoms. The zero-order valence-corrected chi connectivity index (χ0v) is 11.3. The molecule has 102 valence electrons. The molecule has 0 radical (unpaired) electrons. The van der Waals surface area contributed by atoms with Gasteiger partial charge in [0, 0.05) is 24.5 Å². The molecule has 0 aliphatic heterocycles. The molecule has 1 aromatic heterocycles. The molecule has 0 fully saturated rings. The first-order chi connectivity index (χ1) is 8.54. The molecule has 0 amide bonds. The van der Waals surface area contributed by atoms with Crippen LogP contribution in [0.25, 0.3) is 0 Å². The third-order valence-corrected chi connectivity index (χ3v) is 3.56. The summed E-state index contributed by atoms with van der Waals surface area (Å²) in [6.45, 7) is 8.85. The Morgan fingerprint density at radius 3 is 2.42 bits per heavy atom. The normalized spacial score (nSPS) is 10.1. The van der Waals surface area contributed by atoms with Crippen LogP contribution in [0.1, 0.15) is 45.9 Å². The summed E-state index contributed by atoms with van der Waals surface area (Å²) in [6.07, 6.45) is 4.72. The number of aldehydes is 1. The summed E-state index contributed by atoms with van der Waals surface area (Å²) in [5, 5.41) is 0. The van der Waals surface area contributed by atoms with E-state index in [1.54, 1.807) is 6.20 Å². The number of aromatic nitrogens is 2. The molecule has 0 N–H and O–H groups in total. The molecule has 2 rings (SSSR count). The molecular weight excluding hydrogens is 236 g/mol. The van der Waals surface area contributed by atoms with Crippen molar-refractivity contribution < 1.29 is 4.79 Å². The van der Waals surface area contributed by atoms with Gasteiger partial charge in [-0.05, 0) is 49.9 Å². The predicted molar refractivity (Wildman–Crippen MR) is 78.8 cm³/mol. The van der Waals surface area contributed by atoms with E-state index in [1.165, 1.54) is 11.1 Å². The third-order valence-electron chi connectivity index (χ3n) is 3.56. The Labute approximate surface area is 115 Å². The lowest BCUT2D eigenvalue weighted by molar-refractivity contribution is 0.112. The molecule has 0 bridgehead atoms. The SMILES string of the molecule is C.Cc1cc(C)c(Cn2ccnc2C)c(C)c1C=O. The van der Waals surface area contributed by atoms with Gasteiger partial charge >= 0.3 is 0 Å². The van der Waals surface area contributed by atoms with Crippen LogP contribution in [0, 0.1) is 27.7 Å². The highest BCUT2D eigenvalue weighted by Crippen LogP contribution is 2.22. The van der Waals surface area contributed by atoms with Crippen LogP contribution in [0.4, 0.5) is 0 Å². The van der Waals surface area contributed by atoms with Crippen molar-refractivity contribution in [1.82, 2.24) is 9.55 Å². The Kier molecular flexibility index (Phi) is 4.65. The highest BCUT2D eigenvalue weighted by Gasteiger charge is 2.11. The van der Waals surface area contributed by atoms with E-state index in [-0.39, 0.29) is 7.43 Å². The summed E-state index contributed by atoms with van der Waals surface area (Å²) in [7, 11) is 0. The van der Waals surface area contributed by atoms with Crippen molar-refractivity contribution in [2.24, 2.45) is 0 Å². The van der Waals surface area contributed by atoms with Gasteiger partial charge in [0.15, 0.2) is 6.29 Å². The molecule has 3 heteroatoms. The van der Waals surface area contributed by atoms with Crippen LogP contribution in [-0.4, -0.2) is 15.8 Å². The van der Waals surface area contributed by atoms with Crippen LogP contribution in [-0.2, 0) is 6.54 Å². The lowest BCUT2D eigenvalue weighted by Crippen LogP contribution is -2.07. The zero-order valence-electron chi connectivity index (χ0n) is 11.3. The molecule has 0 atom stereocenters. The summed E-state index contributed by atoms with van der Waals surface area (Å²) in [4.78, 5) is 15.4. The van der Waals surface area contributed by atoms with Gasteiger partial charge in [-0.25, -0.2) is 4.98 Å². The summed E-state index contributed by atoms with van der Waals surface area (Å²) in [5.74, 6) is 0.988. The van der Waals surface area contributed by atoms with E-state index in [4.69, 9.17) is 0 Å². The molecule has 0 saturated heterocycles. The van der Waals surface area contributed by atoms with Crippen LogP contribution < -0.4 is 0 Å². The Morgan fingerprint density at radius 2 is 1.89 bits per heavy atom. The van der Waals surface area contributed by atoms with Gasteiger partial charge in [0.2, 0.25) is 0 Å². The van der Waals surface area contributed by atoms with Crippen molar-refractivity contribution in [1.29, 1.82) is 0 Å². The lowest BCUT2D eigenvalue weighted by atomic mass is 9.94. The summed E-state index contributed by atoms with van der Waals surface area (Å²) >= 11 is 0. The molecule has 2 aromatic rings. The van der Waals surface area contributed by atoms with Crippen molar-refractivity contribution in [3.05, 3.63) is 52.1 Å². The van der Waals surface area contributed by atoms with E-state index in [1.807, 2.05) is 27.0 Å². The highest BCUT2D eigenvalue weighted by atomic mass is 16.1. The number of aryl methyl sites for hydroxylation is 3. The number of carbonyl (C=O) groups is 1. The molecular formula is C16H22N2O. The monoisotopic (exact) mass is 258 g/mol. The van der Waals surface area contributed by atoms with Crippen molar-refractivity contribution in [3.63, 3.8) is 0 Å². The Bertz CT molecular complexity index is 597. The largest absolute Gasteiger partial charge is 0.331 e. The fourth-order valence-corrected chi connectivity index (χ4v) is 2.41. The van der Waals surface area contributed by atoms with Gasteiger partial charge in [-0.1, -0.05) is 13.5 Å². The number of benzene rings is 1. The van der Waals surface area contributed by atoms with Crippen LogP contribution in [0.3, 0.4) is 0 Å². The van der Waals surface area contributed by atoms with Gasteiger partial charge < -0.3 is 4.57 Å². The standard InChI is InChI=1S/C15H18N2O.CH4/c1-10-7-11(2)15(9-18)12(3)14(10)8-17-6-5-16-13(17)4;/h5-7,9H,8H2,1-4H3;1H4. The van der Waals surface area contributed by atoms with E-state index in [0.717, 1.165) is 35.3 Å². The zero-order chi connectivity index (χ0) is 13.3. The quantitative estimate of drug-likeness (QED) is 0.788. The van der Waals surface area contributed by atoms with E-state index < -0.39 is 0 Å². The smallest absolute Gasteiger partial charge is 0.150 e. The topological polar surface area (TPSA) is 34.9 Å². The van der Waals surface area contributed by atoms with E-state index in [2.05, 4.69) is 22.5 Å². The Balaban J connectivity index is 0.00000180. The maximum absolute atomic E-state index is 11.2. The number of rotatable bonds is 3. The van der Waals surface area contributed by atoms with Crippen LogP contribution >= 0.6 is 0 Å². The van der Waals surface area contributed by atoms with Gasteiger partial charge in [0.25, 0.3) is 0 Å². The van der Waals surface area contributed by atoms with Gasteiger partial charge in [-0.15, -0.1) is 0 Å². The summed E-state index contributed by atoms with van der Waals surface area (Å²) < 4.78 is 2.10. The maximum atomic E-state index is 11.2. The molecule has 0 aliphatic rings. The van der Waals surface area contributed by atoms with Crippen molar-refractivity contribution >= 4 is 6.29 Å². The molecule has 1 aromatic carbocycles. The molecule has 0 unspecified atom stereocenters. The highest BCUT2D eigenvalue weighted by molar-refractivity contribution is 5.80. The number of hydrogen-bond donors (Lipinski definition) is 0. The Morgan fingerprint density at radius 1 is 1.21 bits per heavy atom. The van der Waals surface area contributed by atoms with Crippen LogP contribution in [0.5, 0.6) is 0 Å². The summed E-state index contributed by atoms with van der Waals surface area (Å²) in [5.41, 5.74) is 5.38. The van der Waals surface area contributed by atoms with E-state index in [9.17, 15) is 4.79 Å². The first-order valence-corrected chi connectivity index (χ1v) is 6.07. The second kappa shape index (κ2) is 5.83. The van der Waals surface area contributed by atoms with Crippen molar-refractivity contribution in [2.45, 2.75) is 41.7 Å². The second-order valence-electron chi connectivity index (χ2n) is 4.75. The molecule has 0 spiro atoms. The van der Waals surface area contributed by atoms with Gasteiger partial charge in [0.05, 0.1) is 0 Å². The molecule has 0 aliphatic carbocycles. The predicted octanol–water partition coefficient (Wildman–Crippen LogP) is 3.61. The maximum Gasteiger partial charge on any atom is 0.150 e. The van der Waals surface area contributed by atoms with Gasteiger partial charge in [-0.2, -0.15) is 0 Å².